The van der Waals surface area contributed by atoms with Crippen LogP contribution in [-0.4, -0.2) is 26.8 Å². The van der Waals surface area contributed by atoms with Crippen LogP contribution in [0.15, 0.2) is 24.3 Å². The standard InChI is InChI=1S/C16H26ClNO/c1-13(2)9-15(12-18-7-8-19-3)10-14-5-4-6-16(17)11-14/h4-6,11,13,15,18H,7-10,12H2,1-3H3. The van der Waals surface area contributed by atoms with Crippen LogP contribution in [0.25, 0.3) is 0 Å². The molecule has 0 aromatic heterocycles. The van der Waals surface area contributed by atoms with Crippen LogP contribution in [0.5, 0.6) is 0 Å². The van der Waals surface area contributed by atoms with Crippen molar-refractivity contribution < 1.29 is 4.74 Å². The second-order valence-electron chi connectivity index (χ2n) is 5.53. The first-order chi connectivity index (χ1) is 9.11. The molecule has 0 heterocycles. The first-order valence-electron chi connectivity index (χ1n) is 7.06. The van der Waals surface area contributed by atoms with Crippen LogP contribution in [0.2, 0.25) is 5.02 Å². The monoisotopic (exact) mass is 283 g/mol. The maximum Gasteiger partial charge on any atom is 0.0587 e. The Morgan fingerprint density at radius 2 is 2.11 bits per heavy atom. The highest BCUT2D eigenvalue weighted by Gasteiger charge is 2.11. The average molecular weight is 284 g/mol. The molecule has 0 bridgehead atoms. The van der Waals surface area contributed by atoms with Crippen molar-refractivity contribution in [1.82, 2.24) is 5.32 Å². The Hall–Kier alpha value is -0.570. The minimum absolute atomic E-state index is 0.648. The Bertz CT molecular complexity index is 354. The van der Waals surface area contributed by atoms with Gasteiger partial charge in [-0.15, -0.1) is 0 Å². The summed E-state index contributed by atoms with van der Waals surface area (Å²) in [5.74, 6) is 1.36. The molecule has 0 radical (unpaired) electrons. The zero-order valence-electron chi connectivity index (χ0n) is 12.3. The van der Waals surface area contributed by atoms with E-state index in [1.807, 2.05) is 12.1 Å². The van der Waals surface area contributed by atoms with Gasteiger partial charge in [-0.05, 0) is 48.9 Å². The maximum atomic E-state index is 6.05. The van der Waals surface area contributed by atoms with Gasteiger partial charge in [0.1, 0.15) is 0 Å². The first kappa shape index (κ1) is 16.5. The molecule has 0 saturated heterocycles. The molecule has 1 atom stereocenters. The van der Waals surface area contributed by atoms with Gasteiger partial charge in [0.2, 0.25) is 0 Å². The minimum atomic E-state index is 0.648. The van der Waals surface area contributed by atoms with E-state index in [0.29, 0.717) is 11.8 Å². The van der Waals surface area contributed by atoms with Gasteiger partial charge in [-0.2, -0.15) is 0 Å². The molecule has 0 aliphatic carbocycles. The predicted molar refractivity (Wildman–Crippen MR) is 82.8 cm³/mol. The SMILES string of the molecule is COCCNCC(Cc1cccc(Cl)c1)CC(C)C. The van der Waals surface area contributed by atoms with E-state index in [1.54, 1.807) is 7.11 Å². The Morgan fingerprint density at radius 3 is 2.74 bits per heavy atom. The van der Waals surface area contributed by atoms with Crippen molar-refractivity contribution in [1.29, 1.82) is 0 Å². The largest absolute Gasteiger partial charge is 0.383 e. The number of methoxy groups -OCH3 is 1. The summed E-state index contributed by atoms with van der Waals surface area (Å²) in [6, 6.07) is 8.19. The highest BCUT2D eigenvalue weighted by Crippen LogP contribution is 2.19. The number of halogens is 1. The lowest BCUT2D eigenvalue weighted by Gasteiger charge is -2.20. The summed E-state index contributed by atoms with van der Waals surface area (Å²) in [6.45, 7) is 7.28. The van der Waals surface area contributed by atoms with E-state index in [4.69, 9.17) is 16.3 Å². The zero-order valence-corrected chi connectivity index (χ0v) is 13.0. The lowest BCUT2D eigenvalue weighted by Crippen LogP contribution is -2.28. The molecule has 0 fully saturated rings. The van der Waals surface area contributed by atoms with Gasteiger partial charge in [0, 0.05) is 18.7 Å². The van der Waals surface area contributed by atoms with Crippen molar-refractivity contribution in [2.75, 3.05) is 26.8 Å². The van der Waals surface area contributed by atoms with E-state index in [9.17, 15) is 0 Å². The molecule has 1 unspecified atom stereocenters. The number of hydrogen-bond donors (Lipinski definition) is 1. The van der Waals surface area contributed by atoms with Gasteiger partial charge in [0.05, 0.1) is 6.61 Å². The average Bonchev–Trinajstić information content (AvgIpc) is 2.34. The third-order valence-electron chi connectivity index (χ3n) is 3.13. The molecule has 0 amide bonds. The van der Waals surface area contributed by atoms with Gasteiger partial charge in [0.25, 0.3) is 0 Å². The molecule has 3 heteroatoms. The second kappa shape index (κ2) is 9.35. The second-order valence-corrected chi connectivity index (χ2v) is 5.96. The number of ether oxygens (including phenoxy) is 1. The third-order valence-corrected chi connectivity index (χ3v) is 3.37. The summed E-state index contributed by atoms with van der Waals surface area (Å²) in [4.78, 5) is 0. The van der Waals surface area contributed by atoms with E-state index < -0.39 is 0 Å². The quantitative estimate of drug-likeness (QED) is 0.697. The summed E-state index contributed by atoms with van der Waals surface area (Å²) in [6.07, 6.45) is 2.31. The number of rotatable bonds is 9. The van der Waals surface area contributed by atoms with E-state index in [2.05, 4.69) is 31.3 Å². The van der Waals surface area contributed by atoms with Crippen molar-refractivity contribution in [3.05, 3.63) is 34.9 Å². The van der Waals surface area contributed by atoms with Gasteiger partial charge >= 0.3 is 0 Å². The van der Waals surface area contributed by atoms with E-state index >= 15 is 0 Å². The van der Waals surface area contributed by atoms with Gasteiger partial charge < -0.3 is 10.1 Å². The fourth-order valence-electron chi connectivity index (χ4n) is 2.38. The molecule has 0 aliphatic rings. The van der Waals surface area contributed by atoms with E-state index in [1.165, 1.54) is 12.0 Å². The lowest BCUT2D eigenvalue weighted by atomic mass is 9.91. The summed E-state index contributed by atoms with van der Waals surface area (Å²) in [5.41, 5.74) is 1.33. The van der Waals surface area contributed by atoms with E-state index in [0.717, 1.165) is 31.1 Å². The summed E-state index contributed by atoms with van der Waals surface area (Å²) in [5, 5.41) is 4.30. The van der Waals surface area contributed by atoms with Gasteiger partial charge in [-0.3, -0.25) is 0 Å². The topological polar surface area (TPSA) is 21.3 Å². The molecule has 1 aromatic rings. The van der Waals surface area contributed by atoms with Crippen molar-refractivity contribution >= 4 is 11.6 Å². The lowest BCUT2D eigenvalue weighted by molar-refractivity contribution is 0.197. The Kier molecular flexibility index (Phi) is 8.11. The van der Waals surface area contributed by atoms with Crippen LogP contribution in [0.1, 0.15) is 25.8 Å². The summed E-state index contributed by atoms with van der Waals surface area (Å²) >= 11 is 6.05. The molecule has 1 rings (SSSR count). The number of nitrogens with one attached hydrogen (secondary N) is 1. The number of hydrogen-bond acceptors (Lipinski definition) is 2. The minimum Gasteiger partial charge on any atom is -0.383 e. The van der Waals surface area contributed by atoms with Gasteiger partial charge in [-0.1, -0.05) is 37.6 Å². The predicted octanol–water partition coefficient (Wildman–Crippen LogP) is 3.78. The smallest absolute Gasteiger partial charge is 0.0587 e. The Balaban J connectivity index is 2.48. The molecule has 108 valence electrons. The number of benzene rings is 1. The van der Waals surface area contributed by atoms with Gasteiger partial charge in [-0.25, -0.2) is 0 Å². The molecule has 1 aromatic carbocycles. The third kappa shape index (κ3) is 7.56. The van der Waals surface area contributed by atoms with Crippen molar-refractivity contribution in [3.63, 3.8) is 0 Å². The highest BCUT2D eigenvalue weighted by atomic mass is 35.5. The molecule has 19 heavy (non-hydrogen) atoms. The molecule has 1 N–H and O–H groups in total. The van der Waals surface area contributed by atoms with Crippen LogP contribution in [-0.2, 0) is 11.2 Å². The van der Waals surface area contributed by atoms with Crippen molar-refractivity contribution in [3.8, 4) is 0 Å². The van der Waals surface area contributed by atoms with E-state index in [-0.39, 0.29) is 0 Å². The van der Waals surface area contributed by atoms with Gasteiger partial charge in [0.15, 0.2) is 0 Å². The molecular weight excluding hydrogens is 258 g/mol. The zero-order chi connectivity index (χ0) is 14.1. The molecule has 2 nitrogen and oxygen atoms in total. The normalized spacial score (nSPS) is 12.9. The highest BCUT2D eigenvalue weighted by molar-refractivity contribution is 6.30. The molecule has 0 saturated carbocycles. The maximum absolute atomic E-state index is 6.05. The fraction of sp³-hybridized carbons (Fsp3) is 0.625. The van der Waals surface area contributed by atoms with Crippen molar-refractivity contribution in [2.45, 2.75) is 26.7 Å². The first-order valence-corrected chi connectivity index (χ1v) is 7.43. The van der Waals surface area contributed by atoms with Crippen LogP contribution in [0.4, 0.5) is 0 Å². The van der Waals surface area contributed by atoms with Crippen LogP contribution >= 0.6 is 11.6 Å². The Labute approximate surface area is 122 Å². The molecule has 0 aliphatic heterocycles. The molecule has 0 spiro atoms. The molecular formula is C16H26ClNO. The summed E-state index contributed by atoms with van der Waals surface area (Å²) in [7, 11) is 1.74. The van der Waals surface area contributed by atoms with Crippen molar-refractivity contribution in [2.24, 2.45) is 11.8 Å². The van der Waals surface area contributed by atoms with Crippen LogP contribution in [0.3, 0.4) is 0 Å². The van der Waals surface area contributed by atoms with Crippen LogP contribution in [0, 0.1) is 11.8 Å². The van der Waals surface area contributed by atoms with Crippen LogP contribution < -0.4 is 5.32 Å². The Morgan fingerprint density at radius 1 is 1.32 bits per heavy atom. The summed E-state index contributed by atoms with van der Waals surface area (Å²) < 4.78 is 5.06. The fourth-order valence-corrected chi connectivity index (χ4v) is 2.60.